The van der Waals surface area contributed by atoms with Crippen LogP contribution in [0, 0.1) is 6.92 Å². The van der Waals surface area contributed by atoms with Crippen molar-refractivity contribution in [1.82, 2.24) is 10.2 Å². The lowest BCUT2D eigenvalue weighted by Crippen LogP contribution is -2.46. The Kier molecular flexibility index (Phi) is 4.42. The van der Waals surface area contributed by atoms with E-state index < -0.39 is 0 Å². The Morgan fingerprint density at radius 2 is 1.91 bits per heavy atom. The molecule has 2 fully saturated rings. The Labute approximate surface area is 134 Å². The quantitative estimate of drug-likeness (QED) is 0.895. The summed E-state index contributed by atoms with van der Waals surface area (Å²) < 4.78 is 0. The van der Waals surface area contributed by atoms with E-state index in [0.717, 1.165) is 19.4 Å². The molecule has 2 aliphatic rings. The molecule has 1 N–H and O–H groups in total. The standard InChI is InChI=1S/C19H28N2O/c1-15-8-6-7-11-17(15)19(12-13-19)14-20-18(22)21(2)16-9-4-3-5-10-16/h6-8,11,16H,3-5,9-10,12-14H2,1-2H3,(H,20,22). The van der Waals surface area contributed by atoms with Crippen LogP contribution >= 0.6 is 0 Å². The largest absolute Gasteiger partial charge is 0.337 e. The van der Waals surface area contributed by atoms with Gasteiger partial charge in [0.2, 0.25) is 0 Å². The van der Waals surface area contributed by atoms with Crippen LogP contribution in [0.2, 0.25) is 0 Å². The molecule has 22 heavy (non-hydrogen) atoms. The summed E-state index contributed by atoms with van der Waals surface area (Å²) in [5.74, 6) is 0. The number of rotatable bonds is 4. The van der Waals surface area contributed by atoms with Gasteiger partial charge in [-0.15, -0.1) is 0 Å². The van der Waals surface area contributed by atoms with E-state index in [-0.39, 0.29) is 11.4 Å². The summed E-state index contributed by atoms with van der Waals surface area (Å²) >= 11 is 0. The number of nitrogens with zero attached hydrogens (tertiary/aromatic N) is 1. The second kappa shape index (κ2) is 6.31. The van der Waals surface area contributed by atoms with E-state index >= 15 is 0 Å². The van der Waals surface area contributed by atoms with Crippen LogP contribution in [0.15, 0.2) is 24.3 Å². The zero-order valence-corrected chi connectivity index (χ0v) is 13.9. The molecule has 0 bridgehead atoms. The first-order chi connectivity index (χ1) is 10.6. The smallest absolute Gasteiger partial charge is 0.317 e. The fourth-order valence-electron chi connectivity index (χ4n) is 3.86. The summed E-state index contributed by atoms with van der Waals surface area (Å²) in [6.07, 6.45) is 8.53. The van der Waals surface area contributed by atoms with Gasteiger partial charge in [0.05, 0.1) is 0 Å². The molecule has 3 nitrogen and oxygen atoms in total. The Balaban J connectivity index is 1.58. The van der Waals surface area contributed by atoms with E-state index in [0.29, 0.717) is 6.04 Å². The fraction of sp³-hybridized carbons (Fsp3) is 0.632. The fourth-order valence-corrected chi connectivity index (χ4v) is 3.86. The highest BCUT2D eigenvalue weighted by molar-refractivity contribution is 5.74. The van der Waals surface area contributed by atoms with Crippen molar-refractivity contribution in [2.45, 2.75) is 63.3 Å². The molecule has 3 heteroatoms. The van der Waals surface area contributed by atoms with E-state index in [1.165, 1.54) is 43.2 Å². The first-order valence-corrected chi connectivity index (χ1v) is 8.69. The highest BCUT2D eigenvalue weighted by Gasteiger charge is 2.45. The maximum absolute atomic E-state index is 12.4. The van der Waals surface area contributed by atoms with E-state index in [1.54, 1.807) is 0 Å². The Hall–Kier alpha value is -1.51. The van der Waals surface area contributed by atoms with Crippen LogP contribution in [-0.2, 0) is 5.41 Å². The predicted octanol–water partition coefficient (Wildman–Crippen LogP) is 4.00. The maximum Gasteiger partial charge on any atom is 0.317 e. The van der Waals surface area contributed by atoms with Gasteiger partial charge in [-0.1, -0.05) is 43.5 Å². The Bertz CT molecular complexity index is 530. The molecule has 3 rings (SSSR count). The number of carbonyl (C=O) groups is 1. The first-order valence-electron chi connectivity index (χ1n) is 8.69. The van der Waals surface area contributed by atoms with Gasteiger partial charge in [-0.3, -0.25) is 0 Å². The van der Waals surface area contributed by atoms with E-state index in [2.05, 4.69) is 36.5 Å². The average Bonchev–Trinajstić information content (AvgIpc) is 3.34. The second-order valence-corrected chi connectivity index (χ2v) is 7.16. The molecule has 0 radical (unpaired) electrons. The van der Waals surface area contributed by atoms with Crippen molar-refractivity contribution in [3.05, 3.63) is 35.4 Å². The number of benzene rings is 1. The lowest BCUT2D eigenvalue weighted by atomic mass is 9.92. The topological polar surface area (TPSA) is 32.3 Å². The molecule has 0 unspecified atom stereocenters. The summed E-state index contributed by atoms with van der Waals surface area (Å²) in [4.78, 5) is 14.4. The maximum atomic E-state index is 12.4. The molecule has 2 aliphatic carbocycles. The Morgan fingerprint density at radius 3 is 2.55 bits per heavy atom. The molecule has 0 saturated heterocycles. The van der Waals surface area contributed by atoms with Crippen LogP contribution < -0.4 is 5.32 Å². The minimum absolute atomic E-state index is 0.103. The molecule has 0 spiro atoms. The normalized spacial score (nSPS) is 20.5. The molecule has 2 saturated carbocycles. The number of amides is 2. The number of hydrogen-bond donors (Lipinski definition) is 1. The third-order valence-electron chi connectivity index (χ3n) is 5.59. The molecular formula is C19H28N2O. The van der Waals surface area contributed by atoms with Gasteiger partial charge < -0.3 is 10.2 Å². The van der Waals surface area contributed by atoms with E-state index in [4.69, 9.17) is 0 Å². The van der Waals surface area contributed by atoms with Gasteiger partial charge in [0.15, 0.2) is 0 Å². The van der Waals surface area contributed by atoms with Gasteiger partial charge >= 0.3 is 6.03 Å². The number of nitrogens with one attached hydrogen (secondary N) is 1. The summed E-state index contributed by atoms with van der Waals surface area (Å²) in [6, 6.07) is 9.13. The molecule has 2 amide bonds. The molecule has 0 aliphatic heterocycles. The van der Waals surface area contributed by atoms with Crippen molar-refractivity contribution in [3.63, 3.8) is 0 Å². The molecule has 0 aromatic heterocycles. The van der Waals surface area contributed by atoms with Crippen molar-refractivity contribution >= 4 is 6.03 Å². The SMILES string of the molecule is Cc1ccccc1C1(CNC(=O)N(C)C2CCCCC2)CC1. The molecular weight excluding hydrogens is 272 g/mol. The number of urea groups is 1. The lowest BCUT2D eigenvalue weighted by molar-refractivity contribution is 0.173. The molecule has 0 atom stereocenters. The van der Waals surface area contributed by atoms with Crippen LogP contribution in [0.5, 0.6) is 0 Å². The van der Waals surface area contributed by atoms with Crippen molar-refractivity contribution in [2.24, 2.45) is 0 Å². The predicted molar refractivity (Wildman–Crippen MR) is 90.1 cm³/mol. The van der Waals surface area contributed by atoms with Crippen LogP contribution in [0.4, 0.5) is 4.79 Å². The molecule has 120 valence electrons. The average molecular weight is 300 g/mol. The number of aryl methyl sites for hydroxylation is 1. The Morgan fingerprint density at radius 1 is 1.23 bits per heavy atom. The zero-order chi connectivity index (χ0) is 15.6. The van der Waals surface area contributed by atoms with Gasteiger partial charge in [0, 0.05) is 25.0 Å². The van der Waals surface area contributed by atoms with Crippen molar-refractivity contribution < 1.29 is 4.79 Å². The van der Waals surface area contributed by atoms with Gasteiger partial charge in [0.25, 0.3) is 0 Å². The molecule has 0 heterocycles. The first kappa shape index (κ1) is 15.4. The molecule has 1 aromatic rings. The number of carbonyl (C=O) groups excluding carboxylic acids is 1. The van der Waals surface area contributed by atoms with Crippen molar-refractivity contribution in [3.8, 4) is 0 Å². The van der Waals surface area contributed by atoms with Crippen LogP contribution in [0.1, 0.15) is 56.1 Å². The van der Waals surface area contributed by atoms with Gasteiger partial charge in [-0.05, 0) is 43.7 Å². The monoisotopic (exact) mass is 300 g/mol. The third-order valence-corrected chi connectivity index (χ3v) is 5.59. The van der Waals surface area contributed by atoms with E-state index in [9.17, 15) is 4.79 Å². The highest BCUT2D eigenvalue weighted by atomic mass is 16.2. The summed E-state index contributed by atoms with van der Waals surface area (Å²) in [6.45, 7) is 2.94. The van der Waals surface area contributed by atoms with Crippen LogP contribution in [0.25, 0.3) is 0 Å². The highest BCUT2D eigenvalue weighted by Crippen LogP contribution is 2.48. The van der Waals surface area contributed by atoms with Crippen LogP contribution in [0.3, 0.4) is 0 Å². The van der Waals surface area contributed by atoms with Crippen molar-refractivity contribution in [2.75, 3.05) is 13.6 Å². The zero-order valence-electron chi connectivity index (χ0n) is 13.9. The van der Waals surface area contributed by atoms with Crippen molar-refractivity contribution in [1.29, 1.82) is 0 Å². The van der Waals surface area contributed by atoms with E-state index in [1.807, 2.05) is 11.9 Å². The van der Waals surface area contributed by atoms with Crippen LogP contribution in [-0.4, -0.2) is 30.6 Å². The third kappa shape index (κ3) is 3.13. The number of hydrogen-bond acceptors (Lipinski definition) is 1. The molecule has 1 aromatic carbocycles. The van der Waals surface area contributed by atoms with Gasteiger partial charge in [0.1, 0.15) is 0 Å². The van der Waals surface area contributed by atoms with Gasteiger partial charge in [-0.25, -0.2) is 4.79 Å². The summed E-state index contributed by atoms with van der Waals surface area (Å²) in [7, 11) is 1.96. The minimum atomic E-state index is 0.103. The van der Waals surface area contributed by atoms with Gasteiger partial charge in [-0.2, -0.15) is 0 Å². The summed E-state index contributed by atoms with van der Waals surface area (Å²) in [5, 5.41) is 3.20. The summed E-state index contributed by atoms with van der Waals surface area (Å²) in [5.41, 5.74) is 2.94. The lowest BCUT2D eigenvalue weighted by Gasteiger charge is -2.32. The second-order valence-electron chi connectivity index (χ2n) is 7.16. The minimum Gasteiger partial charge on any atom is -0.337 e.